The molecular weight excluding hydrogens is 148 g/mol. The quantitative estimate of drug-likeness (QED) is 0.635. The third-order valence-electron chi connectivity index (χ3n) is 1.04. The summed E-state index contributed by atoms with van der Waals surface area (Å²) in [5, 5.41) is 2.81. The topological polar surface area (TPSA) is 12.0 Å². The SMILES string of the molecule is CC.CNCCCC(C)(F)F. The van der Waals surface area contributed by atoms with Crippen LogP contribution < -0.4 is 5.32 Å². The van der Waals surface area contributed by atoms with Gasteiger partial charge >= 0.3 is 0 Å². The third-order valence-corrected chi connectivity index (χ3v) is 1.04. The molecule has 0 heterocycles. The molecule has 1 N–H and O–H groups in total. The second-order valence-corrected chi connectivity index (χ2v) is 2.28. The number of nitrogens with one attached hydrogen (secondary N) is 1. The molecule has 11 heavy (non-hydrogen) atoms. The van der Waals surface area contributed by atoms with E-state index in [1.165, 1.54) is 0 Å². The highest BCUT2D eigenvalue weighted by atomic mass is 19.3. The smallest absolute Gasteiger partial charge is 0.245 e. The molecule has 0 fully saturated rings. The van der Waals surface area contributed by atoms with Crippen molar-refractivity contribution in [3.63, 3.8) is 0 Å². The van der Waals surface area contributed by atoms with Gasteiger partial charge in [0.2, 0.25) is 5.92 Å². The van der Waals surface area contributed by atoms with E-state index in [2.05, 4.69) is 5.32 Å². The first-order valence-electron chi connectivity index (χ1n) is 4.09. The van der Waals surface area contributed by atoms with Crippen LogP contribution in [0.1, 0.15) is 33.6 Å². The second-order valence-electron chi connectivity index (χ2n) is 2.28. The van der Waals surface area contributed by atoms with Gasteiger partial charge in [0.15, 0.2) is 0 Å². The van der Waals surface area contributed by atoms with Crippen LogP contribution in [0.15, 0.2) is 0 Å². The molecule has 0 bridgehead atoms. The summed E-state index contributed by atoms with van der Waals surface area (Å²) in [6, 6.07) is 0. The normalized spacial score (nSPS) is 10.4. The molecule has 0 aliphatic rings. The standard InChI is InChI=1S/C6H13F2N.C2H6/c1-6(7,8)4-3-5-9-2;1-2/h9H,3-5H2,1-2H3;1-2H3. The molecule has 0 aromatic carbocycles. The Morgan fingerprint density at radius 2 is 1.73 bits per heavy atom. The monoisotopic (exact) mass is 167 g/mol. The Morgan fingerprint density at radius 3 is 2.00 bits per heavy atom. The van der Waals surface area contributed by atoms with Crippen LogP contribution in [0, 0.1) is 0 Å². The minimum absolute atomic E-state index is 0.0200. The van der Waals surface area contributed by atoms with Crippen LogP contribution in [0.5, 0.6) is 0 Å². The zero-order valence-corrected chi connectivity index (χ0v) is 7.88. The average Bonchev–Trinajstić information content (AvgIpc) is 1.90. The van der Waals surface area contributed by atoms with Gasteiger partial charge in [-0.3, -0.25) is 0 Å². The predicted molar refractivity (Wildman–Crippen MR) is 45.1 cm³/mol. The molecular formula is C8H19F2N. The van der Waals surface area contributed by atoms with E-state index in [1.54, 1.807) is 7.05 Å². The Hall–Kier alpha value is -0.180. The van der Waals surface area contributed by atoms with Gasteiger partial charge in [0.1, 0.15) is 0 Å². The van der Waals surface area contributed by atoms with Gasteiger partial charge in [0, 0.05) is 6.42 Å². The maximum absolute atomic E-state index is 12.0. The lowest BCUT2D eigenvalue weighted by atomic mass is 10.2. The fourth-order valence-electron chi connectivity index (χ4n) is 0.576. The molecule has 1 nitrogen and oxygen atoms in total. The van der Waals surface area contributed by atoms with Crippen molar-refractivity contribution in [2.75, 3.05) is 13.6 Å². The highest BCUT2D eigenvalue weighted by Gasteiger charge is 2.19. The van der Waals surface area contributed by atoms with Crippen molar-refractivity contribution in [1.82, 2.24) is 5.32 Å². The molecule has 3 heteroatoms. The summed E-state index contributed by atoms with van der Waals surface area (Å²) in [5.41, 5.74) is 0. The molecule has 0 atom stereocenters. The van der Waals surface area contributed by atoms with E-state index >= 15 is 0 Å². The van der Waals surface area contributed by atoms with Gasteiger partial charge in [-0.2, -0.15) is 0 Å². The lowest BCUT2D eigenvalue weighted by molar-refractivity contribution is 0.0112. The number of hydrogen-bond acceptors (Lipinski definition) is 1. The average molecular weight is 167 g/mol. The summed E-state index contributed by atoms with van der Waals surface area (Å²) in [6.45, 7) is 5.62. The lowest BCUT2D eigenvalue weighted by Gasteiger charge is -2.08. The number of rotatable bonds is 4. The molecule has 0 rings (SSSR count). The van der Waals surface area contributed by atoms with Gasteiger partial charge in [-0.25, -0.2) is 8.78 Å². The minimum atomic E-state index is -2.49. The van der Waals surface area contributed by atoms with Gasteiger partial charge in [-0.05, 0) is 26.9 Å². The summed E-state index contributed by atoms with van der Waals surface area (Å²) in [5.74, 6) is -2.49. The third kappa shape index (κ3) is 17.7. The fraction of sp³-hybridized carbons (Fsp3) is 1.00. The molecule has 70 valence electrons. The maximum Gasteiger partial charge on any atom is 0.245 e. The van der Waals surface area contributed by atoms with Gasteiger partial charge < -0.3 is 5.32 Å². The number of hydrogen-bond donors (Lipinski definition) is 1. The van der Waals surface area contributed by atoms with Crippen LogP contribution in [0.4, 0.5) is 8.78 Å². The molecule has 0 aliphatic heterocycles. The van der Waals surface area contributed by atoms with Crippen molar-refractivity contribution >= 4 is 0 Å². The second kappa shape index (κ2) is 7.92. The molecule has 0 aromatic heterocycles. The summed E-state index contributed by atoms with van der Waals surface area (Å²) < 4.78 is 24.0. The first-order chi connectivity index (χ1) is 5.06. The largest absolute Gasteiger partial charge is 0.320 e. The number of alkyl halides is 2. The predicted octanol–water partition coefficient (Wildman–Crippen LogP) is 2.67. The highest BCUT2D eigenvalue weighted by molar-refractivity contribution is 4.57. The van der Waals surface area contributed by atoms with Crippen LogP contribution >= 0.6 is 0 Å². The Labute approximate surface area is 68.2 Å². The maximum atomic E-state index is 12.0. The Bertz CT molecular complexity index is 69.0. The highest BCUT2D eigenvalue weighted by Crippen LogP contribution is 2.17. The molecule has 0 amide bonds. The van der Waals surface area contributed by atoms with Gasteiger partial charge in [0.05, 0.1) is 0 Å². The van der Waals surface area contributed by atoms with Crippen molar-refractivity contribution < 1.29 is 8.78 Å². The van der Waals surface area contributed by atoms with Crippen LogP contribution in [0.3, 0.4) is 0 Å². The summed E-state index contributed by atoms with van der Waals surface area (Å²) in [4.78, 5) is 0. The Balaban J connectivity index is 0. The van der Waals surface area contributed by atoms with Crippen molar-refractivity contribution in [3.05, 3.63) is 0 Å². The van der Waals surface area contributed by atoms with E-state index in [1.807, 2.05) is 13.8 Å². The van der Waals surface area contributed by atoms with Gasteiger partial charge in [-0.15, -0.1) is 0 Å². The molecule has 0 spiro atoms. The van der Waals surface area contributed by atoms with E-state index in [0.717, 1.165) is 6.92 Å². The summed E-state index contributed by atoms with van der Waals surface area (Å²) >= 11 is 0. The molecule has 0 unspecified atom stereocenters. The van der Waals surface area contributed by atoms with Crippen LogP contribution in [0.25, 0.3) is 0 Å². The Kier molecular flexibility index (Phi) is 9.66. The zero-order valence-electron chi connectivity index (χ0n) is 7.88. The van der Waals surface area contributed by atoms with E-state index in [9.17, 15) is 8.78 Å². The molecule has 0 radical (unpaired) electrons. The molecule has 0 aliphatic carbocycles. The van der Waals surface area contributed by atoms with Crippen LogP contribution in [-0.2, 0) is 0 Å². The van der Waals surface area contributed by atoms with Crippen molar-refractivity contribution in [2.45, 2.75) is 39.5 Å². The van der Waals surface area contributed by atoms with Crippen molar-refractivity contribution in [2.24, 2.45) is 0 Å². The zero-order chi connectivity index (χ0) is 9.33. The summed E-state index contributed by atoms with van der Waals surface area (Å²) in [6.07, 6.45) is 0.522. The van der Waals surface area contributed by atoms with E-state index < -0.39 is 5.92 Å². The first kappa shape index (κ1) is 13.4. The molecule has 0 aromatic rings. The van der Waals surface area contributed by atoms with Crippen LogP contribution in [-0.4, -0.2) is 19.5 Å². The van der Waals surface area contributed by atoms with Gasteiger partial charge in [-0.1, -0.05) is 13.8 Å². The van der Waals surface area contributed by atoms with Crippen LogP contribution in [0.2, 0.25) is 0 Å². The van der Waals surface area contributed by atoms with Crippen molar-refractivity contribution in [1.29, 1.82) is 0 Å². The van der Waals surface area contributed by atoms with E-state index in [0.29, 0.717) is 13.0 Å². The van der Waals surface area contributed by atoms with Crippen molar-refractivity contribution in [3.8, 4) is 0 Å². The van der Waals surface area contributed by atoms with E-state index in [4.69, 9.17) is 0 Å². The van der Waals surface area contributed by atoms with E-state index in [-0.39, 0.29) is 6.42 Å². The summed E-state index contributed by atoms with van der Waals surface area (Å²) in [7, 11) is 1.76. The molecule has 0 saturated carbocycles. The minimum Gasteiger partial charge on any atom is -0.320 e. The number of halogens is 2. The lowest BCUT2D eigenvalue weighted by Crippen LogP contribution is -2.14. The van der Waals surface area contributed by atoms with Gasteiger partial charge in [0.25, 0.3) is 0 Å². The fourth-order valence-corrected chi connectivity index (χ4v) is 0.576. The molecule has 0 saturated heterocycles. The Morgan fingerprint density at radius 1 is 1.27 bits per heavy atom. The first-order valence-corrected chi connectivity index (χ1v) is 4.09.